The van der Waals surface area contributed by atoms with E-state index >= 15 is 0 Å². The van der Waals surface area contributed by atoms with Gasteiger partial charge in [-0.1, -0.05) is 13.5 Å². The van der Waals surface area contributed by atoms with Gasteiger partial charge in [0.25, 0.3) is 0 Å². The van der Waals surface area contributed by atoms with Gasteiger partial charge in [-0.3, -0.25) is 4.79 Å². The topological polar surface area (TPSA) is 72.0 Å². The van der Waals surface area contributed by atoms with Gasteiger partial charge in [-0.05, 0) is 31.5 Å². The summed E-state index contributed by atoms with van der Waals surface area (Å²) in [4.78, 5) is 30.6. The summed E-state index contributed by atoms with van der Waals surface area (Å²) in [5, 5.41) is 0. The number of benzene rings is 1. The van der Waals surface area contributed by atoms with Crippen LogP contribution >= 0.6 is 0 Å². The van der Waals surface area contributed by atoms with Crippen LogP contribution in [0.15, 0.2) is 30.4 Å². The Morgan fingerprint density at radius 1 is 1.36 bits per heavy atom. The Morgan fingerprint density at radius 3 is 2.82 bits per heavy atom. The zero-order chi connectivity index (χ0) is 16.1. The first-order valence-corrected chi connectivity index (χ1v) is 7.35. The van der Waals surface area contributed by atoms with E-state index in [1.54, 1.807) is 13.0 Å². The van der Waals surface area contributed by atoms with Gasteiger partial charge in [0.1, 0.15) is 5.82 Å². The molecule has 0 aliphatic heterocycles. The molecule has 116 valence electrons. The van der Waals surface area contributed by atoms with Crippen molar-refractivity contribution in [1.82, 2.24) is 9.97 Å². The van der Waals surface area contributed by atoms with Gasteiger partial charge >= 0.3 is 5.97 Å². The number of imidazole rings is 1. The number of rotatable bonds is 7. The number of aryl methyl sites for hydroxylation is 1. The Balaban J connectivity index is 1.96. The fourth-order valence-electron chi connectivity index (χ4n) is 2.09. The maximum atomic E-state index is 11.7. The second kappa shape index (κ2) is 7.02. The lowest BCUT2D eigenvalue weighted by Crippen LogP contribution is -2.07. The Bertz CT molecular complexity index is 716. The number of ether oxygens (including phenoxy) is 1. The summed E-state index contributed by atoms with van der Waals surface area (Å²) in [5.41, 5.74) is 2.78. The Labute approximate surface area is 129 Å². The molecular formula is C17H20N2O3. The summed E-state index contributed by atoms with van der Waals surface area (Å²) in [6.07, 6.45) is 1.84. The van der Waals surface area contributed by atoms with E-state index in [-0.39, 0.29) is 11.8 Å². The molecule has 0 aliphatic rings. The molecule has 1 aromatic carbocycles. The number of hydrogen-bond donors (Lipinski definition) is 1. The number of H-pyrrole nitrogens is 1. The molecule has 1 aromatic heterocycles. The Kier molecular flexibility index (Phi) is 5.09. The number of hydrogen-bond acceptors (Lipinski definition) is 4. The summed E-state index contributed by atoms with van der Waals surface area (Å²) in [6, 6.07) is 5.48. The molecule has 0 amide bonds. The first-order chi connectivity index (χ1) is 10.5. The average molecular weight is 300 g/mol. The minimum Gasteiger partial charge on any atom is -0.462 e. The maximum absolute atomic E-state index is 11.7. The third-order valence-electron chi connectivity index (χ3n) is 3.31. The number of ketones is 1. The van der Waals surface area contributed by atoms with Crippen molar-refractivity contribution in [2.75, 3.05) is 6.61 Å². The van der Waals surface area contributed by atoms with E-state index in [0.717, 1.165) is 16.9 Å². The minimum atomic E-state index is -0.368. The Hall–Kier alpha value is -2.43. The largest absolute Gasteiger partial charge is 0.462 e. The van der Waals surface area contributed by atoms with E-state index in [4.69, 9.17) is 4.74 Å². The highest BCUT2D eigenvalue weighted by Gasteiger charge is 2.08. The molecule has 1 N–H and O–H groups in total. The third-order valence-corrected chi connectivity index (χ3v) is 3.31. The van der Waals surface area contributed by atoms with Crippen molar-refractivity contribution in [3.05, 3.63) is 41.7 Å². The van der Waals surface area contributed by atoms with Crippen LogP contribution in [0.4, 0.5) is 0 Å². The molecule has 0 fully saturated rings. The second-order valence-corrected chi connectivity index (χ2v) is 5.21. The molecule has 0 saturated heterocycles. The number of carbonyl (C=O) groups is 2. The monoisotopic (exact) mass is 300 g/mol. The number of carbonyl (C=O) groups excluding carboxylic acids is 2. The number of aromatic amines is 1. The average Bonchev–Trinajstić information content (AvgIpc) is 2.92. The van der Waals surface area contributed by atoms with Crippen molar-refractivity contribution in [1.29, 1.82) is 0 Å². The number of nitrogens with zero attached hydrogens (tertiary/aromatic N) is 1. The molecule has 0 bridgehead atoms. The van der Waals surface area contributed by atoms with Gasteiger partial charge in [0, 0.05) is 24.0 Å². The zero-order valence-corrected chi connectivity index (χ0v) is 12.9. The summed E-state index contributed by atoms with van der Waals surface area (Å²) in [7, 11) is 0. The number of Topliss-reactive ketones (excluding diaryl/α,β-unsaturated/α-hetero) is 1. The van der Waals surface area contributed by atoms with Gasteiger partial charge < -0.3 is 9.72 Å². The van der Waals surface area contributed by atoms with Gasteiger partial charge in [-0.2, -0.15) is 0 Å². The van der Waals surface area contributed by atoms with Crippen LogP contribution in [0, 0.1) is 0 Å². The van der Waals surface area contributed by atoms with Crippen LogP contribution in [0.5, 0.6) is 0 Å². The van der Waals surface area contributed by atoms with Gasteiger partial charge in [0.05, 0.1) is 17.6 Å². The smallest absolute Gasteiger partial charge is 0.333 e. The van der Waals surface area contributed by atoms with Crippen molar-refractivity contribution in [3.8, 4) is 0 Å². The van der Waals surface area contributed by atoms with Crippen LogP contribution in [0.2, 0.25) is 0 Å². The molecule has 0 saturated carbocycles. The fourth-order valence-corrected chi connectivity index (χ4v) is 2.09. The summed E-state index contributed by atoms with van der Waals surface area (Å²) >= 11 is 0. The predicted molar refractivity (Wildman–Crippen MR) is 84.8 cm³/mol. The van der Waals surface area contributed by atoms with E-state index < -0.39 is 0 Å². The van der Waals surface area contributed by atoms with Crippen LogP contribution in [-0.2, 0) is 16.0 Å². The van der Waals surface area contributed by atoms with Crippen LogP contribution < -0.4 is 0 Å². The van der Waals surface area contributed by atoms with Crippen LogP contribution in [0.1, 0.15) is 42.9 Å². The lowest BCUT2D eigenvalue weighted by Gasteiger charge is -2.02. The van der Waals surface area contributed by atoms with Crippen LogP contribution in [0.25, 0.3) is 11.0 Å². The number of nitrogens with one attached hydrogen (secondary N) is 1. The molecule has 0 spiro atoms. The number of esters is 1. The van der Waals surface area contributed by atoms with Crippen molar-refractivity contribution in [3.63, 3.8) is 0 Å². The molecule has 0 radical (unpaired) electrons. The van der Waals surface area contributed by atoms with Crippen LogP contribution in [-0.4, -0.2) is 28.3 Å². The van der Waals surface area contributed by atoms with E-state index in [0.29, 0.717) is 37.0 Å². The molecule has 5 nitrogen and oxygen atoms in total. The predicted octanol–water partition coefficient (Wildman–Crippen LogP) is 3.21. The molecule has 0 atom stereocenters. The van der Waals surface area contributed by atoms with E-state index in [1.807, 2.05) is 19.1 Å². The fraction of sp³-hybridized carbons (Fsp3) is 0.353. The normalized spacial score (nSPS) is 10.6. The van der Waals surface area contributed by atoms with Gasteiger partial charge in [0.2, 0.25) is 0 Å². The molecule has 0 unspecified atom stereocenters. The maximum Gasteiger partial charge on any atom is 0.333 e. The lowest BCUT2D eigenvalue weighted by molar-refractivity contribution is -0.139. The van der Waals surface area contributed by atoms with Crippen LogP contribution in [0.3, 0.4) is 0 Å². The first-order valence-electron chi connectivity index (χ1n) is 7.35. The molecule has 2 rings (SSSR count). The zero-order valence-electron chi connectivity index (χ0n) is 12.9. The van der Waals surface area contributed by atoms with Crippen molar-refractivity contribution >= 4 is 22.8 Å². The molecule has 1 heterocycles. The van der Waals surface area contributed by atoms with Crippen molar-refractivity contribution in [2.45, 2.75) is 33.1 Å². The lowest BCUT2D eigenvalue weighted by atomic mass is 10.1. The highest BCUT2D eigenvalue weighted by atomic mass is 16.5. The highest BCUT2D eigenvalue weighted by Crippen LogP contribution is 2.16. The number of aromatic nitrogens is 2. The van der Waals surface area contributed by atoms with E-state index in [9.17, 15) is 9.59 Å². The standard InChI is InChI=1S/C17H20N2O3/c1-4-15(20)12-7-8-13-14(10-12)19-16(18-13)6-5-9-22-17(21)11(2)3/h7-8,10H,2,4-6,9H2,1,3H3,(H,18,19). The molecule has 0 aliphatic carbocycles. The van der Waals surface area contributed by atoms with Crippen molar-refractivity contribution in [2.24, 2.45) is 0 Å². The van der Waals surface area contributed by atoms with E-state index in [2.05, 4.69) is 16.5 Å². The third kappa shape index (κ3) is 3.81. The molecular weight excluding hydrogens is 280 g/mol. The van der Waals surface area contributed by atoms with Gasteiger partial charge in [-0.15, -0.1) is 0 Å². The quantitative estimate of drug-likeness (QED) is 0.369. The Morgan fingerprint density at radius 2 is 2.14 bits per heavy atom. The first kappa shape index (κ1) is 15.9. The summed E-state index contributed by atoms with van der Waals surface area (Å²) in [5.74, 6) is 0.569. The SMILES string of the molecule is C=C(C)C(=O)OCCCc1nc2ccc(C(=O)CC)cc2[nH]1. The second-order valence-electron chi connectivity index (χ2n) is 5.21. The van der Waals surface area contributed by atoms with E-state index in [1.165, 1.54) is 0 Å². The number of fused-ring (bicyclic) bond motifs is 1. The van der Waals surface area contributed by atoms with Gasteiger partial charge in [0.15, 0.2) is 5.78 Å². The van der Waals surface area contributed by atoms with Crippen molar-refractivity contribution < 1.29 is 14.3 Å². The van der Waals surface area contributed by atoms with Gasteiger partial charge in [-0.25, -0.2) is 9.78 Å². The summed E-state index contributed by atoms with van der Waals surface area (Å²) in [6.45, 7) is 7.33. The molecule has 5 heteroatoms. The molecule has 2 aromatic rings. The summed E-state index contributed by atoms with van der Waals surface area (Å²) < 4.78 is 5.04. The highest BCUT2D eigenvalue weighted by molar-refractivity contribution is 5.98. The minimum absolute atomic E-state index is 0.116. The molecule has 22 heavy (non-hydrogen) atoms.